The molecule has 0 amide bonds. The van der Waals surface area contributed by atoms with E-state index < -0.39 is 71.5 Å². The van der Waals surface area contributed by atoms with Gasteiger partial charge in [0.1, 0.15) is 0 Å². The van der Waals surface area contributed by atoms with E-state index in [-0.39, 0.29) is 18.9 Å². The van der Waals surface area contributed by atoms with E-state index in [9.17, 15) is 36.2 Å². The first kappa shape index (κ1) is 48.4. The second-order valence-electron chi connectivity index (χ2n) is 3.91. The Labute approximate surface area is 214 Å². The Morgan fingerprint density at radius 1 is 0.526 bits per heavy atom. The van der Waals surface area contributed by atoms with Gasteiger partial charge >= 0.3 is 82.5 Å². The van der Waals surface area contributed by atoms with Crippen LogP contribution in [0.1, 0.15) is 0 Å². The normalized spacial score (nSPS) is 12.2. The molecular formula is C8H8F4LiO22P3. The first-order chi connectivity index (χ1) is 16.0. The van der Waals surface area contributed by atoms with Crippen molar-refractivity contribution in [3.63, 3.8) is 0 Å². The fourth-order valence-electron chi connectivity index (χ4n) is 0.280. The number of carbonyl (C=O) groups excluding carboxylic acids is 4. The first-order valence-electron chi connectivity index (χ1n) is 6.54. The Balaban J connectivity index is -0.0000000884. The molecule has 38 heavy (non-hydrogen) atoms. The van der Waals surface area contributed by atoms with Gasteiger partial charge < -0.3 is 44.9 Å². The molecule has 216 valence electrons. The minimum absolute atomic E-state index is 0. The minimum Gasteiger partial charge on any atom is -0.756 e. The molecule has 30 heteroatoms. The Kier molecular flexibility index (Phi) is 28.4. The quantitative estimate of drug-likeness (QED) is 0.0406. The maximum absolute atomic E-state index is 10.6. The molecule has 0 aromatic carbocycles. The van der Waals surface area contributed by atoms with Gasteiger partial charge in [0.05, 0.1) is 0 Å². The smallest absolute Gasteiger partial charge is 0.756 e. The van der Waals surface area contributed by atoms with Crippen molar-refractivity contribution in [2.45, 2.75) is 0 Å². The van der Waals surface area contributed by atoms with Gasteiger partial charge in [-0.15, -0.1) is 0 Å². The van der Waals surface area contributed by atoms with Gasteiger partial charge in [-0.2, -0.15) is 21.9 Å². The van der Waals surface area contributed by atoms with Crippen LogP contribution in [0.25, 0.3) is 0 Å². The fraction of sp³-hybridized carbons (Fsp3) is 0. The van der Waals surface area contributed by atoms with E-state index in [4.69, 9.17) is 78.4 Å². The van der Waals surface area contributed by atoms with Gasteiger partial charge in [0.2, 0.25) is 0 Å². The van der Waals surface area contributed by atoms with E-state index in [0.717, 1.165) is 0 Å². The zero-order chi connectivity index (χ0) is 31.5. The van der Waals surface area contributed by atoms with Gasteiger partial charge in [0.25, 0.3) is 7.82 Å². The Morgan fingerprint density at radius 3 is 0.763 bits per heavy atom. The van der Waals surface area contributed by atoms with Crippen molar-refractivity contribution in [1.82, 2.24) is 0 Å². The Hall–Kier alpha value is -2.71. The van der Waals surface area contributed by atoms with Crippen LogP contribution in [0.15, 0.2) is 0 Å². The minimum atomic E-state index is -5.60. The maximum Gasteiger partial charge on any atom is 1.00 e. The molecule has 0 saturated heterocycles. The van der Waals surface area contributed by atoms with Crippen LogP contribution >= 0.6 is 23.5 Å². The number of phosphoric acid groups is 3. The summed E-state index contributed by atoms with van der Waals surface area (Å²) in [5.41, 5.74) is 0. The summed E-state index contributed by atoms with van der Waals surface area (Å²) in [6.07, 6.45) is 0. The molecule has 0 aromatic rings. The Bertz CT molecular complexity index is 842. The average Bonchev–Trinajstić information content (AvgIpc) is 2.59. The van der Waals surface area contributed by atoms with E-state index in [1.165, 1.54) is 0 Å². The fourth-order valence-corrected chi connectivity index (χ4v) is 2.79. The number of halogens is 4. The summed E-state index contributed by atoms with van der Waals surface area (Å²) >= 11 is 0. The van der Waals surface area contributed by atoms with Crippen LogP contribution in [0, 0.1) is 0 Å². The van der Waals surface area contributed by atoms with Gasteiger partial charge in [-0.3, -0.25) is 4.57 Å². The van der Waals surface area contributed by atoms with Crippen LogP contribution in [-0.4, -0.2) is 88.0 Å². The van der Waals surface area contributed by atoms with E-state index in [1.54, 1.807) is 0 Å². The third-order valence-corrected chi connectivity index (χ3v) is 4.42. The summed E-state index contributed by atoms with van der Waals surface area (Å²) < 4.78 is 78.4. The van der Waals surface area contributed by atoms with E-state index >= 15 is 0 Å². The number of hydrogen-bond acceptors (Lipinski definition) is 14. The third kappa shape index (κ3) is 54.3. The predicted molar refractivity (Wildman–Crippen MR) is 88.9 cm³/mol. The van der Waals surface area contributed by atoms with Gasteiger partial charge in [-0.05, 0) is 0 Å². The van der Waals surface area contributed by atoms with Gasteiger partial charge in [-0.1, -0.05) is 0 Å². The van der Waals surface area contributed by atoms with Crippen LogP contribution < -0.4 is 23.8 Å². The van der Waals surface area contributed by atoms with Crippen molar-refractivity contribution in [1.29, 1.82) is 0 Å². The monoisotopic (exact) mass is 632 g/mol. The molecule has 2 unspecified atom stereocenters. The second-order valence-corrected chi connectivity index (χ2v) is 8.07. The van der Waals surface area contributed by atoms with Crippen LogP contribution in [-0.2, 0) is 60.7 Å². The summed E-state index contributed by atoms with van der Waals surface area (Å²) in [6, 6.07) is -9.30. The number of hydrogen-bond donors (Lipinski definition) is 8. The van der Waals surface area contributed by atoms with E-state index in [2.05, 4.69) is 8.62 Å². The summed E-state index contributed by atoms with van der Waals surface area (Å²) in [6.45, 7) is 0. The Morgan fingerprint density at radius 2 is 0.684 bits per heavy atom. The maximum atomic E-state index is 10.6. The third-order valence-electron chi connectivity index (χ3n) is 1.09. The average molecular weight is 632 g/mol. The van der Waals surface area contributed by atoms with Crippen molar-refractivity contribution < 1.29 is 142 Å². The van der Waals surface area contributed by atoms with Crippen LogP contribution in [0.5, 0.6) is 0 Å². The molecule has 0 aliphatic rings. The van der Waals surface area contributed by atoms with E-state index in [0.29, 0.717) is 0 Å². The number of carbonyl (C=O) groups is 8. The molecular weight excluding hydrogens is 624 g/mol. The number of carboxylic acids is 4. The molecule has 22 nitrogen and oxygen atoms in total. The van der Waals surface area contributed by atoms with Crippen molar-refractivity contribution in [3.05, 3.63) is 0 Å². The molecule has 0 saturated carbocycles. The molecule has 0 heterocycles. The molecule has 0 aromatic heterocycles. The molecule has 0 aliphatic heterocycles. The van der Waals surface area contributed by atoms with Crippen molar-refractivity contribution >= 4 is 71.5 Å². The van der Waals surface area contributed by atoms with Gasteiger partial charge in [0.15, 0.2) is 0 Å². The summed E-state index contributed by atoms with van der Waals surface area (Å²) in [5.74, 6) is -8.19. The number of carboxylic acid groups (broad SMARTS) is 4. The number of rotatable bonds is 8. The zero-order valence-electron chi connectivity index (χ0n) is 17.1. The predicted octanol–water partition coefficient (Wildman–Crippen LogP) is -6.05. The van der Waals surface area contributed by atoms with E-state index in [1.807, 2.05) is 0 Å². The number of aliphatic carboxylic acids is 4. The molecule has 0 radical (unpaired) electrons. The zero-order valence-corrected chi connectivity index (χ0v) is 19.8. The van der Waals surface area contributed by atoms with Crippen LogP contribution in [0.4, 0.5) is 17.6 Å². The van der Waals surface area contributed by atoms with Gasteiger partial charge in [-0.25, -0.2) is 51.8 Å². The second kappa shape index (κ2) is 22.3. The topological polar surface area (TPSA) is 391 Å². The van der Waals surface area contributed by atoms with Crippen molar-refractivity contribution in [3.8, 4) is 0 Å². The van der Waals surface area contributed by atoms with Crippen molar-refractivity contribution in [2.24, 2.45) is 0 Å². The standard InChI is InChI=1S/4C2HFO3.Li.H5O10P3/c4*3-1(4)2(5)6;;1-11(2,3)9-13(7,8)10-12(4,5)6/h4*(H,5,6);;(H,7,8)(H2,1,2,3)(H2,4,5,6)/q;;;;+1;/p-1. The molecule has 2 atom stereocenters. The molecule has 0 bridgehead atoms. The molecule has 0 spiro atoms. The molecule has 0 fully saturated rings. The molecule has 8 N–H and O–H groups in total. The van der Waals surface area contributed by atoms with Crippen LogP contribution in [0.2, 0.25) is 0 Å². The first-order valence-corrected chi connectivity index (χ1v) is 11.1. The molecule has 0 aliphatic carbocycles. The van der Waals surface area contributed by atoms with Crippen molar-refractivity contribution in [2.75, 3.05) is 0 Å². The van der Waals surface area contributed by atoms with Gasteiger partial charge in [0, 0.05) is 0 Å². The summed E-state index contributed by atoms with van der Waals surface area (Å²) in [7, 11) is -16.5. The largest absolute Gasteiger partial charge is 1.00 e. The van der Waals surface area contributed by atoms with Crippen LogP contribution in [0.3, 0.4) is 0 Å². The summed E-state index contributed by atoms with van der Waals surface area (Å²) in [4.78, 5) is 113. The molecule has 0 rings (SSSR count). The SMILES string of the molecule is O=C(O)C(=O)F.O=C(O)C(=O)F.O=C(O)C(=O)F.O=C(O)C(=O)F.O=P([O-])(O)OP(=O)(O)OP(=O)(O)O.[Li+]. The summed E-state index contributed by atoms with van der Waals surface area (Å²) in [5, 5.41) is 29.1.